The Labute approximate surface area is 118 Å². The first-order chi connectivity index (χ1) is 9.36. The average Bonchev–Trinajstić information content (AvgIpc) is 2.97. The summed E-state index contributed by atoms with van der Waals surface area (Å²) in [5, 5.41) is 3.89. The van der Waals surface area contributed by atoms with Gasteiger partial charge in [-0.25, -0.2) is 0 Å². The molecule has 1 saturated carbocycles. The van der Waals surface area contributed by atoms with Gasteiger partial charge in [0.15, 0.2) is 5.82 Å². The first-order valence-electron chi connectivity index (χ1n) is 7.00. The van der Waals surface area contributed by atoms with Crippen molar-refractivity contribution >= 4 is 5.91 Å². The smallest absolute Gasteiger partial charge is 0.240 e. The number of nitrogens with zero attached hydrogens (tertiary/aromatic N) is 3. The summed E-state index contributed by atoms with van der Waals surface area (Å²) in [4.78, 5) is 17.5. The molecule has 7 nitrogen and oxygen atoms in total. The molecule has 7 heteroatoms. The van der Waals surface area contributed by atoms with Gasteiger partial charge in [0.05, 0.1) is 18.6 Å². The second kappa shape index (κ2) is 5.88. The Morgan fingerprint density at radius 1 is 1.45 bits per heavy atom. The summed E-state index contributed by atoms with van der Waals surface area (Å²) in [5.41, 5.74) is 10.6. The van der Waals surface area contributed by atoms with E-state index in [1.165, 1.54) is 12.8 Å². The maximum Gasteiger partial charge on any atom is 0.240 e. The van der Waals surface area contributed by atoms with Crippen molar-refractivity contribution in [3.63, 3.8) is 0 Å². The van der Waals surface area contributed by atoms with E-state index in [0.717, 1.165) is 12.8 Å². The summed E-state index contributed by atoms with van der Waals surface area (Å²) in [6.45, 7) is 4.30. The van der Waals surface area contributed by atoms with E-state index in [0.29, 0.717) is 24.3 Å². The molecule has 0 unspecified atom stereocenters. The van der Waals surface area contributed by atoms with Gasteiger partial charge in [-0.1, -0.05) is 18.0 Å². The lowest BCUT2D eigenvalue weighted by molar-refractivity contribution is -0.119. The van der Waals surface area contributed by atoms with E-state index >= 15 is 0 Å². The molecular formula is C13H23N5O2. The molecule has 0 aliphatic heterocycles. The second-order valence-corrected chi connectivity index (χ2v) is 6.04. The molecule has 0 aromatic carbocycles. The third-order valence-corrected chi connectivity index (χ3v) is 3.58. The van der Waals surface area contributed by atoms with Crippen molar-refractivity contribution in [3.05, 3.63) is 11.7 Å². The topological polar surface area (TPSA) is 111 Å². The number of carbonyl (C=O) groups excluding carboxylic acids is 1. The predicted molar refractivity (Wildman–Crippen MR) is 73.4 cm³/mol. The minimum atomic E-state index is -0.635. The fourth-order valence-corrected chi connectivity index (χ4v) is 2.54. The molecule has 2 rings (SSSR count). The first kappa shape index (κ1) is 14.9. The van der Waals surface area contributed by atoms with Crippen molar-refractivity contribution in [1.82, 2.24) is 15.0 Å². The summed E-state index contributed by atoms with van der Waals surface area (Å²) >= 11 is 0. The van der Waals surface area contributed by atoms with Crippen molar-refractivity contribution in [2.45, 2.75) is 57.7 Å². The van der Waals surface area contributed by atoms with Gasteiger partial charge >= 0.3 is 0 Å². The predicted octanol–water partition coefficient (Wildman–Crippen LogP) is 0.493. The van der Waals surface area contributed by atoms with Crippen LogP contribution in [0.5, 0.6) is 0 Å². The molecule has 1 aromatic rings. The van der Waals surface area contributed by atoms with Gasteiger partial charge in [-0.2, -0.15) is 4.98 Å². The zero-order valence-electron chi connectivity index (χ0n) is 12.1. The molecule has 20 heavy (non-hydrogen) atoms. The lowest BCUT2D eigenvalue weighted by Gasteiger charge is -2.25. The van der Waals surface area contributed by atoms with Crippen molar-refractivity contribution in [2.24, 2.45) is 11.5 Å². The van der Waals surface area contributed by atoms with Gasteiger partial charge in [0.25, 0.3) is 0 Å². The van der Waals surface area contributed by atoms with E-state index < -0.39 is 5.54 Å². The molecule has 1 fully saturated rings. The summed E-state index contributed by atoms with van der Waals surface area (Å²) in [6.07, 6.45) is 4.53. The minimum Gasteiger partial charge on any atom is -0.369 e. The van der Waals surface area contributed by atoms with Crippen LogP contribution in [0.3, 0.4) is 0 Å². The summed E-state index contributed by atoms with van der Waals surface area (Å²) in [5.74, 6) is 0.611. The van der Waals surface area contributed by atoms with Gasteiger partial charge in [0, 0.05) is 6.04 Å². The molecular weight excluding hydrogens is 258 g/mol. The number of carbonyl (C=O) groups is 1. The molecule has 0 saturated heterocycles. The van der Waals surface area contributed by atoms with Crippen LogP contribution in [0.15, 0.2) is 4.52 Å². The van der Waals surface area contributed by atoms with Crippen molar-refractivity contribution in [3.8, 4) is 0 Å². The fourth-order valence-electron chi connectivity index (χ4n) is 2.54. The van der Waals surface area contributed by atoms with Crippen LogP contribution in [0, 0.1) is 0 Å². The summed E-state index contributed by atoms with van der Waals surface area (Å²) in [6, 6.07) is 0.365. The standard InChI is InChI=1S/C13H23N5O2/c1-13(2,15)12-16-11(20-17-12)8-18(7-10(14)19)9-5-3-4-6-9/h9H,3-8,15H2,1-2H3,(H2,14,19). The number of hydrogen-bond donors (Lipinski definition) is 2. The number of primary amides is 1. The summed E-state index contributed by atoms with van der Waals surface area (Å²) < 4.78 is 5.23. The zero-order valence-corrected chi connectivity index (χ0v) is 12.1. The molecule has 1 amide bonds. The van der Waals surface area contributed by atoms with Gasteiger partial charge in [-0.3, -0.25) is 9.69 Å². The largest absolute Gasteiger partial charge is 0.369 e. The highest BCUT2D eigenvalue weighted by atomic mass is 16.5. The second-order valence-electron chi connectivity index (χ2n) is 6.04. The quantitative estimate of drug-likeness (QED) is 0.785. The van der Waals surface area contributed by atoms with Crippen LogP contribution in [-0.4, -0.2) is 33.5 Å². The van der Waals surface area contributed by atoms with E-state index in [2.05, 4.69) is 10.1 Å². The highest BCUT2D eigenvalue weighted by Gasteiger charge is 2.27. The van der Waals surface area contributed by atoms with Crippen LogP contribution in [0.4, 0.5) is 0 Å². The monoisotopic (exact) mass is 281 g/mol. The minimum absolute atomic E-state index is 0.217. The Morgan fingerprint density at radius 3 is 2.60 bits per heavy atom. The molecule has 1 aliphatic carbocycles. The number of amides is 1. The van der Waals surface area contributed by atoms with Crippen molar-refractivity contribution < 1.29 is 9.32 Å². The Bertz CT molecular complexity index is 460. The van der Waals surface area contributed by atoms with Gasteiger partial charge in [-0.05, 0) is 26.7 Å². The number of hydrogen-bond acceptors (Lipinski definition) is 6. The van der Waals surface area contributed by atoms with Gasteiger partial charge in [0.2, 0.25) is 11.8 Å². The van der Waals surface area contributed by atoms with Crippen molar-refractivity contribution in [1.29, 1.82) is 0 Å². The number of nitrogens with two attached hydrogens (primary N) is 2. The van der Waals surface area contributed by atoms with Gasteiger partial charge < -0.3 is 16.0 Å². The zero-order chi connectivity index (χ0) is 14.8. The Balaban J connectivity index is 2.06. The van der Waals surface area contributed by atoms with E-state index in [1.807, 2.05) is 18.7 Å². The maximum absolute atomic E-state index is 11.2. The summed E-state index contributed by atoms with van der Waals surface area (Å²) in [7, 11) is 0. The third kappa shape index (κ3) is 3.77. The Kier molecular flexibility index (Phi) is 4.39. The van der Waals surface area contributed by atoms with Crippen LogP contribution < -0.4 is 11.5 Å². The van der Waals surface area contributed by atoms with E-state index in [9.17, 15) is 4.79 Å². The molecule has 0 bridgehead atoms. The molecule has 0 atom stereocenters. The molecule has 1 aromatic heterocycles. The Hall–Kier alpha value is -1.47. The van der Waals surface area contributed by atoms with E-state index in [-0.39, 0.29) is 12.5 Å². The van der Waals surface area contributed by atoms with Crippen LogP contribution >= 0.6 is 0 Å². The van der Waals surface area contributed by atoms with Crippen LogP contribution in [0.1, 0.15) is 51.2 Å². The van der Waals surface area contributed by atoms with Gasteiger partial charge in [-0.15, -0.1) is 0 Å². The molecule has 0 radical (unpaired) electrons. The molecule has 1 aliphatic rings. The highest BCUT2D eigenvalue weighted by molar-refractivity contribution is 5.75. The fraction of sp³-hybridized carbons (Fsp3) is 0.769. The van der Waals surface area contributed by atoms with E-state index in [1.54, 1.807) is 0 Å². The highest BCUT2D eigenvalue weighted by Crippen LogP contribution is 2.24. The lowest BCUT2D eigenvalue weighted by Crippen LogP contribution is -2.39. The van der Waals surface area contributed by atoms with Crippen LogP contribution in [0.2, 0.25) is 0 Å². The molecule has 4 N–H and O–H groups in total. The van der Waals surface area contributed by atoms with Crippen LogP contribution in [0.25, 0.3) is 0 Å². The normalized spacial score (nSPS) is 17.0. The molecule has 112 valence electrons. The maximum atomic E-state index is 11.2. The van der Waals surface area contributed by atoms with Crippen LogP contribution in [-0.2, 0) is 16.9 Å². The number of aromatic nitrogens is 2. The Morgan fingerprint density at radius 2 is 2.10 bits per heavy atom. The lowest BCUT2D eigenvalue weighted by atomic mass is 10.1. The van der Waals surface area contributed by atoms with Gasteiger partial charge in [0.1, 0.15) is 0 Å². The third-order valence-electron chi connectivity index (χ3n) is 3.58. The first-order valence-corrected chi connectivity index (χ1v) is 7.00. The number of rotatable bonds is 6. The SMILES string of the molecule is CC(C)(N)c1noc(CN(CC(N)=O)C2CCCC2)n1. The van der Waals surface area contributed by atoms with E-state index in [4.69, 9.17) is 16.0 Å². The van der Waals surface area contributed by atoms with Crippen molar-refractivity contribution in [2.75, 3.05) is 6.54 Å². The molecule has 0 spiro atoms. The average molecular weight is 281 g/mol. The molecule has 1 heterocycles.